The number of esters is 1. The van der Waals surface area contributed by atoms with E-state index in [1.54, 1.807) is 0 Å². The highest BCUT2D eigenvalue weighted by molar-refractivity contribution is 7.80. The minimum atomic E-state index is -0.360. The van der Waals surface area contributed by atoms with Gasteiger partial charge in [0.05, 0.1) is 19.2 Å². The zero-order valence-corrected chi connectivity index (χ0v) is 17.7. The summed E-state index contributed by atoms with van der Waals surface area (Å²) in [6.45, 7) is 4.53. The standard InChI is InChI=1S/C22H22N2O2S2/c1-15-16(2)28-20(19(15)21(25)26-3)23-22(27)24(18-12-8-5-9-13-18)14-17-10-6-4-7-11-17/h4-13H,14H2,1-3H3,(H,23,27). The van der Waals surface area contributed by atoms with Gasteiger partial charge < -0.3 is 15.0 Å². The van der Waals surface area contributed by atoms with E-state index in [1.165, 1.54) is 18.4 Å². The van der Waals surface area contributed by atoms with Crippen molar-refractivity contribution in [1.82, 2.24) is 0 Å². The van der Waals surface area contributed by atoms with E-state index in [0.717, 1.165) is 21.7 Å². The molecule has 0 amide bonds. The number of methoxy groups -OCH3 is 1. The second-order valence-corrected chi connectivity index (χ2v) is 7.93. The SMILES string of the molecule is COC(=O)c1c(NC(=S)N(Cc2ccccc2)c2ccccc2)sc(C)c1C. The molecular weight excluding hydrogens is 388 g/mol. The molecule has 0 saturated carbocycles. The molecule has 2 aromatic carbocycles. The highest BCUT2D eigenvalue weighted by Crippen LogP contribution is 2.33. The smallest absolute Gasteiger partial charge is 0.341 e. The van der Waals surface area contributed by atoms with Gasteiger partial charge in [-0.3, -0.25) is 0 Å². The number of ether oxygens (including phenoxy) is 1. The molecule has 3 rings (SSSR count). The van der Waals surface area contributed by atoms with Crippen LogP contribution in [0.4, 0.5) is 10.7 Å². The highest BCUT2D eigenvalue weighted by atomic mass is 32.1. The number of nitrogens with one attached hydrogen (secondary N) is 1. The fourth-order valence-corrected chi connectivity index (χ4v) is 4.27. The van der Waals surface area contributed by atoms with Gasteiger partial charge in [-0.1, -0.05) is 48.5 Å². The molecule has 0 spiro atoms. The van der Waals surface area contributed by atoms with Crippen LogP contribution < -0.4 is 10.2 Å². The quantitative estimate of drug-likeness (QED) is 0.441. The molecule has 1 N–H and O–H groups in total. The number of aryl methyl sites for hydroxylation is 1. The number of nitrogens with zero attached hydrogens (tertiary/aromatic N) is 1. The van der Waals surface area contributed by atoms with Crippen LogP contribution in [-0.2, 0) is 11.3 Å². The third-order valence-corrected chi connectivity index (χ3v) is 5.94. The fraction of sp³-hybridized carbons (Fsp3) is 0.182. The van der Waals surface area contributed by atoms with E-state index >= 15 is 0 Å². The number of para-hydroxylation sites is 1. The van der Waals surface area contributed by atoms with Gasteiger partial charge in [-0.05, 0) is 49.3 Å². The molecule has 0 unspecified atom stereocenters. The predicted molar refractivity (Wildman–Crippen MR) is 120 cm³/mol. The van der Waals surface area contributed by atoms with Gasteiger partial charge in [0.1, 0.15) is 5.00 Å². The molecule has 0 aliphatic rings. The first-order valence-corrected chi connectivity index (χ1v) is 10.1. The molecule has 28 heavy (non-hydrogen) atoms. The molecule has 0 fully saturated rings. The minimum absolute atomic E-state index is 0.360. The van der Waals surface area contributed by atoms with Crippen LogP contribution in [0.25, 0.3) is 0 Å². The number of thiophene rings is 1. The van der Waals surface area contributed by atoms with Crippen LogP contribution in [0.2, 0.25) is 0 Å². The zero-order valence-electron chi connectivity index (χ0n) is 16.1. The number of carbonyl (C=O) groups excluding carboxylic acids is 1. The summed E-state index contributed by atoms with van der Waals surface area (Å²) in [7, 11) is 1.39. The maximum atomic E-state index is 12.3. The summed E-state index contributed by atoms with van der Waals surface area (Å²) in [5.74, 6) is -0.360. The Bertz CT molecular complexity index is 969. The minimum Gasteiger partial charge on any atom is -0.465 e. The van der Waals surface area contributed by atoms with E-state index in [0.29, 0.717) is 22.2 Å². The Morgan fingerprint density at radius 2 is 1.68 bits per heavy atom. The number of anilines is 2. The van der Waals surface area contributed by atoms with Crippen molar-refractivity contribution < 1.29 is 9.53 Å². The first-order chi connectivity index (χ1) is 13.5. The van der Waals surface area contributed by atoms with Crippen LogP contribution >= 0.6 is 23.6 Å². The second-order valence-electron chi connectivity index (χ2n) is 6.32. The van der Waals surface area contributed by atoms with Crippen molar-refractivity contribution >= 4 is 45.3 Å². The molecule has 0 aliphatic carbocycles. The van der Waals surface area contributed by atoms with Crippen molar-refractivity contribution in [3.05, 3.63) is 82.2 Å². The molecule has 4 nitrogen and oxygen atoms in total. The normalized spacial score (nSPS) is 10.4. The van der Waals surface area contributed by atoms with Gasteiger partial charge >= 0.3 is 5.97 Å². The van der Waals surface area contributed by atoms with E-state index in [-0.39, 0.29) is 5.97 Å². The Kier molecular flexibility index (Phi) is 6.44. The topological polar surface area (TPSA) is 41.6 Å². The Balaban J connectivity index is 1.92. The first-order valence-electron chi connectivity index (χ1n) is 8.87. The number of thiocarbonyl (C=S) groups is 1. The molecule has 1 aromatic heterocycles. The monoisotopic (exact) mass is 410 g/mol. The van der Waals surface area contributed by atoms with E-state index in [9.17, 15) is 4.79 Å². The van der Waals surface area contributed by atoms with Crippen LogP contribution in [-0.4, -0.2) is 18.2 Å². The maximum Gasteiger partial charge on any atom is 0.341 e. The molecule has 0 bridgehead atoms. The largest absolute Gasteiger partial charge is 0.465 e. The maximum absolute atomic E-state index is 12.3. The van der Waals surface area contributed by atoms with Gasteiger partial charge in [0, 0.05) is 10.6 Å². The average Bonchev–Trinajstić information content (AvgIpc) is 3.00. The van der Waals surface area contributed by atoms with Crippen LogP contribution in [0, 0.1) is 13.8 Å². The number of benzene rings is 2. The molecular formula is C22H22N2O2S2. The Labute approximate surface area is 174 Å². The van der Waals surface area contributed by atoms with E-state index in [2.05, 4.69) is 17.4 Å². The van der Waals surface area contributed by atoms with Crippen molar-refractivity contribution in [2.75, 3.05) is 17.3 Å². The zero-order chi connectivity index (χ0) is 20.1. The molecule has 0 radical (unpaired) electrons. The lowest BCUT2D eigenvalue weighted by atomic mass is 10.1. The number of rotatable bonds is 5. The first kappa shape index (κ1) is 20.0. The number of hydrogen-bond donors (Lipinski definition) is 1. The lowest BCUT2D eigenvalue weighted by molar-refractivity contribution is 0.0601. The van der Waals surface area contributed by atoms with Gasteiger partial charge in [-0.25, -0.2) is 4.79 Å². The summed E-state index contributed by atoms with van der Waals surface area (Å²) in [6.07, 6.45) is 0. The average molecular weight is 411 g/mol. The molecule has 0 saturated heterocycles. The lowest BCUT2D eigenvalue weighted by Gasteiger charge is -2.26. The van der Waals surface area contributed by atoms with Gasteiger partial charge in [0.25, 0.3) is 0 Å². The van der Waals surface area contributed by atoms with Crippen molar-refractivity contribution in [3.63, 3.8) is 0 Å². The fourth-order valence-electron chi connectivity index (χ4n) is 2.88. The third kappa shape index (κ3) is 4.40. The van der Waals surface area contributed by atoms with Crippen LogP contribution in [0.5, 0.6) is 0 Å². The summed E-state index contributed by atoms with van der Waals surface area (Å²) >= 11 is 7.25. The Morgan fingerprint density at radius 3 is 2.29 bits per heavy atom. The number of hydrogen-bond acceptors (Lipinski definition) is 4. The van der Waals surface area contributed by atoms with Gasteiger partial charge in [0.15, 0.2) is 5.11 Å². The highest BCUT2D eigenvalue weighted by Gasteiger charge is 2.22. The van der Waals surface area contributed by atoms with E-state index in [1.807, 2.05) is 67.3 Å². The number of carbonyl (C=O) groups is 1. The van der Waals surface area contributed by atoms with Crippen LogP contribution in [0.3, 0.4) is 0 Å². The molecule has 0 atom stereocenters. The van der Waals surface area contributed by atoms with Crippen LogP contribution in [0.15, 0.2) is 60.7 Å². The molecule has 3 aromatic rings. The summed E-state index contributed by atoms with van der Waals surface area (Å²) in [6, 6.07) is 20.1. The van der Waals surface area contributed by atoms with Gasteiger partial charge in [0.2, 0.25) is 0 Å². The van der Waals surface area contributed by atoms with Crippen molar-refractivity contribution in [1.29, 1.82) is 0 Å². The van der Waals surface area contributed by atoms with Crippen LogP contribution in [0.1, 0.15) is 26.4 Å². The summed E-state index contributed by atoms with van der Waals surface area (Å²) < 4.78 is 4.96. The molecule has 6 heteroatoms. The Morgan fingerprint density at radius 1 is 1.07 bits per heavy atom. The third-order valence-electron chi connectivity index (χ3n) is 4.49. The van der Waals surface area contributed by atoms with Crippen molar-refractivity contribution in [2.45, 2.75) is 20.4 Å². The van der Waals surface area contributed by atoms with E-state index in [4.69, 9.17) is 17.0 Å². The Hall–Kier alpha value is -2.70. The van der Waals surface area contributed by atoms with Crippen molar-refractivity contribution in [3.8, 4) is 0 Å². The van der Waals surface area contributed by atoms with E-state index < -0.39 is 0 Å². The molecule has 1 heterocycles. The summed E-state index contributed by atoms with van der Waals surface area (Å²) in [5, 5.41) is 4.52. The molecule has 144 valence electrons. The summed E-state index contributed by atoms with van der Waals surface area (Å²) in [4.78, 5) is 15.3. The lowest BCUT2D eigenvalue weighted by Crippen LogP contribution is -2.34. The molecule has 0 aliphatic heterocycles. The second kappa shape index (κ2) is 8.99. The van der Waals surface area contributed by atoms with Gasteiger partial charge in [-0.15, -0.1) is 11.3 Å². The predicted octanol–water partition coefficient (Wildman–Crippen LogP) is 5.56. The van der Waals surface area contributed by atoms with Crippen molar-refractivity contribution in [2.24, 2.45) is 0 Å². The summed E-state index contributed by atoms with van der Waals surface area (Å²) in [5.41, 5.74) is 3.58. The van der Waals surface area contributed by atoms with Gasteiger partial charge in [-0.2, -0.15) is 0 Å².